The second-order valence-corrected chi connectivity index (χ2v) is 10.5. The number of fused-ring (bicyclic) bond motifs is 1. The van der Waals surface area contributed by atoms with Gasteiger partial charge in [0.05, 0.1) is 28.9 Å². The van der Waals surface area contributed by atoms with Crippen LogP contribution in [0.15, 0.2) is 53.3 Å². The van der Waals surface area contributed by atoms with Crippen LogP contribution in [-0.4, -0.2) is 37.4 Å². The van der Waals surface area contributed by atoms with E-state index in [1.165, 1.54) is 24.8 Å². The van der Waals surface area contributed by atoms with Gasteiger partial charge < -0.3 is 15.0 Å². The molecule has 0 saturated heterocycles. The molecule has 3 aromatic rings. The Hall–Kier alpha value is -3.32. The first-order valence-corrected chi connectivity index (χ1v) is 13.2. The molecule has 7 heteroatoms. The van der Waals surface area contributed by atoms with Crippen LogP contribution < -0.4 is 5.56 Å². The standard InChI is InChI=1S/C29H32N4O3/c34-25(24-13-7-12-22(30-24)19-8-3-1-4-9-19)27(36)33-17-14-23-21(18-33)26(35)32-28(31-23)29(15-16-29)20-10-5-2-6-11-20/h2,5-7,10-13,19,25,34H,1,3-4,8-9,14-18H2,(H,31,32,35). The van der Waals surface area contributed by atoms with Gasteiger partial charge in [-0.1, -0.05) is 55.7 Å². The van der Waals surface area contributed by atoms with Crippen LogP contribution in [0.4, 0.5) is 0 Å². The highest BCUT2D eigenvalue weighted by Crippen LogP contribution is 2.52. The molecule has 1 amide bonds. The van der Waals surface area contributed by atoms with E-state index in [0.717, 1.165) is 42.9 Å². The van der Waals surface area contributed by atoms with E-state index in [1.807, 2.05) is 30.3 Å². The molecule has 3 heterocycles. The zero-order chi connectivity index (χ0) is 24.7. The third-order valence-electron chi connectivity index (χ3n) is 8.24. The Bertz CT molecular complexity index is 1330. The third kappa shape index (κ3) is 4.15. The highest BCUT2D eigenvalue weighted by Gasteiger charge is 2.48. The van der Waals surface area contributed by atoms with E-state index >= 15 is 0 Å². The molecule has 0 spiro atoms. The molecule has 2 aliphatic carbocycles. The number of hydrogen-bond acceptors (Lipinski definition) is 5. The molecule has 3 aliphatic rings. The second-order valence-electron chi connectivity index (χ2n) is 10.5. The predicted molar refractivity (Wildman–Crippen MR) is 135 cm³/mol. The van der Waals surface area contributed by atoms with Gasteiger partial charge >= 0.3 is 0 Å². The molecule has 2 fully saturated rings. The maximum Gasteiger partial charge on any atom is 0.257 e. The van der Waals surface area contributed by atoms with Crippen LogP contribution >= 0.6 is 0 Å². The summed E-state index contributed by atoms with van der Waals surface area (Å²) in [5.41, 5.74) is 3.38. The molecule has 1 aliphatic heterocycles. The van der Waals surface area contributed by atoms with Gasteiger partial charge in [-0.3, -0.25) is 14.6 Å². The Morgan fingerprint density at radius 3 is 2.56 bits per heavy atom. The van der Waals surface area contributed by atoms with Crippen molar-refractivity contribution in [2.45, 2.75) is 75.3 Å². The number of aliphatic hydroxyl groups excluding tert-OH is 1. The number of H-pyrrole nitrogens is 1. The van der Waals surface area contributed by atoms with Crippen LogP contribution in [0.25, 0.3) is 0 Å². The number of benzene rings is 1. The van der Waals surface area contributed by atoms with Crippen molar-refractivity contribution in [3.8, 4) is 0 Å². The first kappa shape index (κ1) is 23.1. The predicted octanol–water partition coefficient (Wildman–Crippen LogP) is 3.91. The van der Waals surface area contributed by atoms with E-state index in [2.05, 4.69) is 22.1 Å². The molecule has 1 aromatic carbocycles. The molecule has 0 bridgehead atoms. The van der Waals surface area contributed by atoms with Crippen LogP contribution in [0.5, 0.6) is 0 Å². The molecule has 0 radical (unpaired) electrons. The molecular weight excluding hydrogens is 452 g/mol. The van der Waals surface area contributed by atoms with E-state index < -0.39 is 12.0 Å². The van der Waals surface area contributed by atoms with Gasteiger partial charge in [-0.25, -0.2) is 4.98 Å². The average molecular weight is 485 g/mol. The molecule has 1 atom stereocenters. The maximum absolute atomic E-state index is 13.2. The molecule has 2 N–H and O–H groups in total. The van der Waals surface area contributed by atoms with Crippen molar-refractivity contribution in [2.24, 2.45) is 0 Å². The SMILES string of the molecule is O=C(C(O)c1cccc(C2CCCCC2)n1)N1CCc2nc(C3(c4ccccc4)CC3)[nH]c(=O)c2C1. The average Bonchev–Trinajstić information content (AvgIpc) is 3.75. The summed E-state index contributed by atoms with van der Waals surface area (Å²) < 4.78 is 0. The third-order valence-corrected chi connectivity index (χ3v) is 8.24. The largest absolute Gasteiger partial charge is 0.377 e. The lowest BCUT2D eigenvalue weighted by atomic mass is 9.86. The Morgan fingerprint density at radius 2 is 1.81 bits per heavy atom. The summed E-state index contributed by atoms with van der Waals surface area (Å²) in [6.07, 6.45) is 6.94. The maximum atomic E-state index is 13.2. The van der Waals surface area contributed by atoms with Crippen LogP contribution in [0.2, 0.25) is 0 Å². The fourth-order valence-electron chi connectivity index (χ4n) is 5.93. The Labute approximate surface area is 210 Å². The van der Waals surface area contributed by atoms with E-state index in [9.17, 15) is 14.7 Å². The van der Waals surface area contributed by atoms with E-state index in [0.29, 0.717) is 30.1 Å². The number of hydrogen-bond donors (Lipinski definition) is 2. The van der Waals surface area contributed by atoms with Crippen molar-refractivity contribution < 1.29 is 9.90 Å². The summed E-state index contributed by atoms with van der Waals surface area (Å²) in [5.74, 6) is 0.702. The minimum Gasteiger partial charge on any atom is -0.377 e. The van der Waals surface area contributed by atoms with Gasteiger partial charge in [-0.05, 0) is 43.4 Å². The fraction of sp³-hybridized carbons (Fsp3) is 0.448. The lowest BCUT2D eigenvalue weighted by Crippen LogP contribution is -2.42. The molecule has 1 unspecified atom stereocenters. The Kier molecular flexibility index (Phi) is 5.96. The number of nitrogens with zero attached hydrogens (tertiary/aromatic N) is 3. The number of aromatic amines is 1. The van der Waals surface area contributed by atoms with E-state index in [-0.39, 0.29) is 17.5 Å². The number of pyridine rings is 1. The summed E-state index contributed by atoms with van der Waals surface area (Å²) >= 11 is 0. The van der Waals surface area contributed by atoms with Gasteiger partial charge in [0.2, 0.25) is 0 Å². The van der Waals surface area contributed by atoms with Gasteiger partial charge in [0, 0.05) is 24.6 Å². The van der Waals surface area contributed by atoms with E-state index in [1.54, 1.807) is 11.0 Å². The zero-order valence-corrected chi connectivity index (χ0v) is 20.4. The van der Waals surface area contributed by atoms with Crippen molar-refractivity contribution in [1.29, 1.82) is 0 Å². The Balaban J connectivity index is 1.20. The summed E-state index contributed by atoms with van der Waals surface area (Å²) in [6.45, 7) is 0.563. The van der Waals surface area contributed by atoms with Crippen LogP contribution in [-0.2, 0) is 23.2 Å². The number of rotatable bonds is 5. The van der Waals surface area contributed by atoms with Crippen LogP contribution in [0.3, 0.4) is 0 Å². The zero-order valence-electron chi connectivity index (χ0n) is 20.4. The minimum absolute atomic E-state index is 0.147. The molecule has 2 aromatic heterocycles. The van der Waals surface area contributed by atoms with Gasteiger partial charge in [-0.15, -0.1) is 0 Å². The smallest absolute Gasteiger partial charge is 0.257 e. The van der Waals surface area contributed by atoms with Crippen molar-refractivity contribution in [2.75, 3.05) is 6.54 Å². The van der Waals surface area contributed by atoms with Crippen LogP contribution in [0.1, 0.15) is 91.0 Å². The number of carbonyl (C=O) groups excluding carboxylic acids is 1. The van der Waals surface area contributed by atoms with E-state index in [4.69, 9.17) is 4.98 Å². The Morgan fingerprint density at radius 1 is 1.03 bits per heavy atom. The second kappa shape index (κ2) is 9.28. The number of amides is 1. The van der Waals surface area contributed by atoms with Crippen molar-refractivity contribution in [1.82, 2.24) is 19.9 Å². The van der Waals surface area contributed by atoms with Gasteiger partial charge in [0.25, 0.3) is 11.5 Å². The van der Waals surface area contributed by atoms with Gasteiger partial charge in [0.1, 0.15) is 5.82 Å². The highest BCUT2D eigenvalue weighted by atomic mass is 16.3. The summed E-state index contributed by atoms with van der Waals surface area (Å²) in [4.78, 5) is 40.5. The molecule has 6 rings (SSSR count). The first-order valence-electron chi connectivity index (χ1n) is 13.2. The van der Waals surface area contributed by atoms with Gasteiger partial charge in [-0.2, -0.15) is 0 Å². The van der Waals surface area contributed by atoms with Crippen molar-refractivity contribution >= 4 is 5.91 Å². The van der Waals surface area contributed by atoms with Crippen molar-refractivity contribution in [3.05, 3.63) is 92.9 Å². The number of aliphatic hydroxyl groups is 1. The highest BCUT2D eigenvalue weighted by molar-refractivity contribution is 5.81. The lowest BCUT2D eigenvalue weighted by molar-refractivity contribution is -0.141. The molecule has 36 heavy (non-hydrogen) atoms. The summed E-state index contributed by atoms with van der Waals surface area (Å²) in [5, 5.41) is 10.9. The molecule has 7 nitrogen and oxygen atoms in total. The topological polar surface area (TPSA) is 99.2 Å². The monoisotopic (exact) mass is 484 g/mol. The molecule has 2 saturated carbocycles. The lowest BCUT2D eigenvalue weighted by Gasteiger charge is -2.30. The number of carbonyl (C=O) groups is 1. The summed E-state index contributed by atoms with van der Waals surface area (Å²) in [7, 11) is 0. The molecule has 186 valence electrons. The first-order chi connectivity index (χ1) is 17.5. The van der Waals surface area contributed by atoms with Crippen molar-refractivity contribution in [3.63, 3.8) is 0 Å². The normalized spacial score (nSPS) is 20.0. The van der Waals surface area contributed by atoms with Gasteiger partial charge in [0.15, 0.2) is 6.10 Å². The minimum atomic E-state index is -1.34. The van der Waals surface area contributed by atoms with Crippen LogP contribution in [0, 0.1) is 0 Å². The molecular formula is C29H32N4O3. The summed E-state index contributed by atoms with van der Waals surface area (Å²) in [6, 6.07) is 15.8. The quantitative estimate of drug-likeness (QED) is 0.572. The number of aromatic nitrogens is 3. The fourth-order valence-corrected chi connectivity index (χ4v) is 5.93. The number of nitrogens with one attached hydrogen (secondary N) is 1.